The van der Waals surface area contributed by atoms with Gasteiger partial charge in [-0.2, -0.15) is 0 Å². The molecule has 1 aliphatic rings. The summed E-state index contributed by atoms with van der Waals surface area (Å²) in [5.41, 5.74) is 5.60. The zero-order valence-electron chi connectivity index (χ0n) is 11.8. The summed E-state index contributed by atoms with van der Waals surface area (Å²) < 4.78 is 5.31. The Morgan fingerprint density at radius 3 is 2.94 bits per heavy atom. The molecule has 0 aromatic heterocycles. The second-order valence-corrected chi connectivity index (χ2v) is 5.38. The monoisotopic (exact) mass is 256 g/mol. The highest BCUT2D eigenvalue weighted by molar-refractivity contribution is 5.79. The van der Waals surface area contributed by atoms with Gasteiger partial charge in [0.05, 0.1) is 6.61 Å². The molecule has 106 valence electrons. The molecule has 0 saturated heterocycles. The van der Waals surface area contributed by atoms with E-state index in [1.807, 2.05) is 13.8 Å². The molecule has 0 heterocycles. The first-order chi connectivity index (χ1) is 8.67. The van der Waals surface area contributed by atoms with Crippen LogP contribution in [0.3, 0.4) is 0 Å². The van der Waals surface area contributed by atoms with Crippen LogP contribution in [0.5, 0.6) is 0 Å². The summed E-state index contributed by atoms with van der Waals surface area (Å²) in [7, 11) is 0. The largest absolute Gasteiger partial charge is 0.380 e. The third kappa shape index (κ3) is 5.36. The Labute approximate surface area is 111 Å². The standard InChI is InChI=1S/C14H28N2O2/c1-3-18-10-11(2)16-14(17)13-6-4-5-12(9-13)7-8-15/h11-13H,3-10,15H2,1-2H3,(H,16,17). The highest BCUT2D eigenvalue weighted by Crippen LogP contribution is 2.30. The van der Waals surface area contributed by atoms with E-state index in [1.54, 1.807) is 0 Å². The molecule has 0 aromatic carbocycles. The van der Waals surface area contributed by atoms with Crippen molar-refractivity contribution in [1.29, 1.82) is 0 Å². The first-order valence-corrected chi connectivity index (χ1v) is 7.25. The normalized spacial score (nSPS) is 25.7. The number of hydrogen-bond donors (Lipinski definition) is 2. The Hall–Kier alpha value is -0.610. The van der Waals surface area contributed by atoms with Crippen LogP contribution in [-0.4, -0.2) is 31.7 Å². The molecule has 3 atom stereocenters. The zero-order chi connectivity index (χ0) is 13.4. The Bertz CT molecular complexity index is 244. The van der Waals surface area contributed by atoms with Crippen molar-refractivity contribution in [3.63, 3.8) is 0 Å². The lowest BCUT2D eigenvalue weighted by Gasteiger charge is -2.29. The minimum Gasteiger partial charge on any atom is -0.380 e. The highest BCUT2D eigenvalue weighted by atomic mass is 16.5. The lowest BCUT2D eigenvalue weighted by molar-refractivity contribution is -0.127. The van der Waals surface area contributed by atoms with Crippen molar-refractivity contribution in [2.45, 2.75) is 52.0 Å². The molecule has 3 N–H and O–H groups in total. The Morgan fingerprint density at radius 2 is 2.28 bits per heavy atom. The molecule has 1 fully saturated rings. The van der Waals surface area contributed by atoms with Crippen molar-refractivity contribution in [1.82, 2.24) is 5.32 Å². The van der Waals surface area contributed by atoms with E-state index in [4.69, 9.17) is 10.5 Å². The molecular weight excluding hydrogens is 228 g/mol. The molecule has 1 amide bonds. The van der Waals surface area contributed by atoms with Gasteiger partial charge in [0.2, 0.25) is 5.91 Å². The molecule has 1 aliphatic carbocycles. The van der Waals surface area contributed by atoms with Crippen molar-refractivity contribution >= 4 is 5.91 Å². The SMILES string of the molecule is CCOCC(C)NC(=O)C1CCCC(CCN)C1. The average molecular weight is 256 g/mol. The molecular formula is C14H28N2O2. The molecule has 4 heteroatoms. The minimum atomic E-state index is 0.104. The van der Waals surface area contributed by atoms with Crippen LogP contribution in [0.2, 0.25) is 0 Å². The highest BCUT2D eigenvalue weighted by Gasteiger charge is 2.27. The van der Waals surface area contributed by atoms with E-state index >= 15 is 0 Å². The molecule has 1 saturated carbocycles. The minimum absolute atomic E-state index is 0.104. The van der Waals surface area contributed by atoms with Gasteiger partial charge in [-0.15, -0.1) is 0 Å². The van der Waals surface area contributed by atoms with E-state index in [1.165, 1.54) is 6.42 Å². The smallest absolute Gasteiger partial charge is 0.223 e. The van der Waals surface area contributed by atoms with Gasteiger partial charge in [-0.3, -0.25) is 4.79 Å². The third-order valence-electron chi connectivity index (χ3n) is 3.69. The summed E-state index contributed by atoms with van der Waals surface area (Å²) in [5, 5.41) is 3.05. The zero-order valence-corrected chi connectivity index (χ0v) is 11.8. The molecule has 0 spiro atoms. The number of nitrogens with two attached hydrogens (primary N) is 1. The number of carbonyl (C=O) groups excluding carboxylic acids is 1. The van der Waals surface area contributed by atoms with Crippen LogP contribution >= 0.6 is 0 Å². The van der Waals surface area contributed by atoms with Crippen LogP contribution < -0.4 is 11.1 Å². The lowest BCUT2D eigenvalue weighted by atomic mass is 9.79. The van der Waals surface area contributed by atoms with Gasteiger partial charge in [0.25, 0.3) is 0 Å². The first-order valence-electron chi connectivity index (χ1n) is 7.25. The molecule has 0 aliphatic heterocycles. The lowest BCUT2D eigenvalue weighted by Crippen LogP contribution is -2.41. The molecule has 0 aromatic rings. The van der Waals surface area contributed by atoms with Crippen molar-refractivity contribution in [2.75, 3.05) is 19.8 Å². The van der Waals surface area contributed by atoms with Gasteiger partial charge in [0, 0.05) is 18.6 Å². The van der Waals surface area contributed by atoms with Gasteiger partial charge in [-0.05, 0) is 45.6 Å². The fraction of sp³-hybridized carbons (Fsp3) is 0.929. The van der Waals surface area contributed by atoms with E-state index in [-0.39, 0.29) is 17.9 Å². The predicted molar refractivity (Wildman–Crippen MR) is 73.2 cm³/mol. The van der Waals surface area contributed by atoms with E-state index in [0.717, 1.165) is 32.2 Å². The summed E-state index contributed by atoms with van der Waals surface area (Å²) in [4.78, 5) is 12.1. The van der Waals surface area contributed by atoms with Crippen molar-refractivity contribution in [3.8, 4) is 0 Å². The molecule has 18 heavy (non-hydrogen) atoms. The van der Waals surface area contributed by atoms with Crippen molar-refractivity contribution in [3.05, 3.63) is 0 Å². The van der Waals surface area contributed by atoms with Crippen LogP contribution in [0.1, 0.15) is 46.0 Å². The molecule has 3 unspecified atom stereocenters. The van der Waals surface area contributed by atoms with Gasteiger partial charge >= 0.3 is 0 Å². The van der Waals surface area contributed by atoms with E-state index in [9.17, 15) is 4.79 Å². The predicted octanol–water partition coefficient (Wildman–Crippen LogP) is 1.68. The third-order valence-corrected chi connectivity index (χ3v) is 3.69. The summed E-state index contributed by atoms with van der Waals surface area (Å²) in [6.45, 7) is 5.99. The summed E-state index contributed by atoms with van der Waals surface area (Å²) in [6, 6.07) is 0.104. The fourth-order valence-electron chi connectivity index (χ4n) is 2.72. The molecule has 0 bridgehead atoms. The van der Waals surface area contributed by atoms with Gasteiger partial charge in [0.1, 0.15) is 0 Å². The van der Waals surface area contributed by atoms with Crippen molar-refractivity contribution < 1.29 is 9.53 Å². The Morgan fingerprint density at radius 1 is 1.50 bits per heavy atom. The first kappa shape index (κ1) is 15.4. The number of ether oxygens (including phenoxy) is 1. The topological polar surface area (TPSA) is 64.3 Å². The fourth-order valence-corrected chi connectivity index (χ4v) is 2.72. The molecule has 4 nitrogen and oxygen atoms in total. The summed E-state index contributed by atoms with van der Waals surface area (Å²) in [5.74, 6) is 1.02. The second kappa shape index (κ2) is 8.48. The van der Waals surface area contributed by atoms with E-state index in [2.05, 4.69) is 5.32 Å². The van der Waals surface area contributed by atoms with Gasteiger partial charge < -0.3 is 15.8 Å². The van der Waals surface area contributed by atoms with E-state index in [0.29, 0.717) is 19.1 Å². The Balaban J connectivity index is 2.31. The van der Waals surface area contributed by atoms with Gasteiger partial charge in [-0.25, -0.2) is 0 Å². The summed E-state index contributed by atoms with van der Waals surface area (Å²) >= 11 is 0. The van der Waals surface area contributed by atoms with Crippen molar-refractivity contribution in [2.24, 2.45) is 17.6 Å². The van der Waals surface area contributed by atoms with Gasteiger partial charge in [-0.1, -0.05) is 12.8 Å². The molecule has 0 radical (unpaired) electrons. The second-order valence-electron chi connectivity index (χ2n) is 5.38. The maximum atomic E-state index is 12.1. The van der Waals surface area contributed by atoms with Crippen LogP contribution in [-0.2, 0) is 9.53 Å². The number of carbonyl (C=O) groups is 1. The van der Waals surface area contributed by atoms with Crippen LogP contribution in [0.4, 0.5) is 0 Å². The number of hydrogen-bond acceptors (Lipinski definition) is 3. The van der Waals surface area contributed by atoms with Crippen LogP contribution in [0.15, 0.2) is 0 Å². The maximum Gasteiger partial charge on any atom is 0.223 e. The number of nitrogens with one attached hydrogen (secondary N) is 1. The maximum absolute atomic E-state index is 12.1. The van der Waals surface area contributed by atoms with Crippen LogP contribution in [0.25, 0.3) is 0 Å². The molecule has 1 rings (SSSR count). The van der Waals surface area contributed by atoms with Crippen LogP contribution in [0, 0.1) is 11.8 Å². The number of rotatable bonds is 7. The number of amides is 1. The van der Waals surface area contributed by atoms with Gasteiger partial charge in [0.15, 0.2) is 0 Å². The average Bonchev–Trinajstić information content (AvgIpc) is 2.37. The quantitative estimate of drug-likeness (QED) is 0.728. The summed E-state index contributed by atoms with van der Waals surface area (Å²) in [6.07, 6.45) is 5.47. The van der Waals surface area contributed by atoms with E-state index < -0.39 is 0 Å². The Kier molecular flexibility index (Phi) is 7.28.